The van der Waals surface area contributed by atoms with Gasteiger partial charge in [-0.05, 0) is 19.8 Å². The van der Waals surface area contributed by atoms with Gasteiger partial charge >= 0.3 is 11.9 Å². The number of unbranched alkanes of at least 4 members (excludes halogenated alkanes) is 1. The maximum atomic E-state index is 11.4. The lowest BCUT2D eigenvalue weighted by atomic mass is 10.2. The zero-order chi connectivity index (χ0) is 13.2. The number of rotatable bonds is 7. The molecule has 0 aliphatic carbocycles. The summed E-state index contributed by atoms with van der Waals surface area (Å²) in [6.45, 7) is 3.42. The molecule has 104 valence electrons. The van der Waals surface area contributed by atoms with E-state index in [1.54, 1.807) is 6.92 Å². The molecular weight excluding hydrogens is 240 g/mol. The highest BCUT2D eigenvalue weighted by molar-refractivity contribution is 5.70. The van der Waals surface area contributed by atoms with Crippen molar-refractivity contribution in [1.29, 1.82) is 0 Å². The summed E-state index contributed by atoms with van der Waals surface area (Å²) >= 11 is 0. The van der Waals surface area contributed by atoms with Crippen LogP contribution in [0.15, 0.2) is 0 Å². The zero-order valence-corrected chi connectivity index (χ0v) is 10.7. The van der Waals surface area contributed by atoms with Crippen LogP contribution in [0.1, 0.15) is 32.6 Å². The average molecular weight is 260 g/mol. The van der Waals surface area contributed by atoms with Gasteiger partial charge in [-0.15, -0.1) is 0 Å². The van der Waals surface area contributed by atoms with Gasteiger partial charge in [0.1, 0.15) is 6.61 Å². The molecule has 6 heteroatoms. The normalized spacial score (nSPS) is 19.3. The molecule has 6 nitrogen and oxygen atoms in total. The van der Waals surface area contributed by atoms with Gasteiger partial charge in [0, 0.05) is 12.8 Å². The summed E-state index contributed by atoms with van der Waals surface area (Å²) in [5.74, 6) is -0.552. The zero-order valence-electron chi connectivity index (χ0n) is 10.7. The Labute approximate surface area is 107 Å². The van der Waals surface area contributed by atoms with Gasteiger partial charge in [0.25, 0.3) is 0 Å². The van der Waals surface area contributed by atoms with E-state index in [9.17, 15) is 9.59 Å². The minimum absolute atomic E-state index is 0.227. The molecule has 18 heavy (non-hydrogen) atoms. The standard InChI is InChI=1S/C12H20O6/c1-2-16-10(13)5-3-4-6-11(14)18-12-9-15-7-8-17-12/h12H,2-9H2,1H3. The Kier molecular flexibility index (Phi) is 7.36. The van der Waals surface area contributed by atoms with E-state index in [2.05, 4.69) is 0 Å². The van der Waals surface area contributed by atoms with Crippen LogP contribution < -0.4 is 0 Å². The van der Waals surface area contributed by atoms with Gasteiger partial charge in [-0.25, -0.2) is 0 Å². The van der Waals surface area contributed by atoms with E-state index in [1.807, 2.05) is 0 Å². The molecule has 1 aliphatic heterocycles. The summed E-state index contributed by atoms with van der Waals surface area (Å²) < 4.78 is 20.1. The van der Waals surface area contributed by atoms with Crippen molar-refractivity contribution >= 4 is 11.9 Å². The Morgan fingerprint density at radius 2 is 1.89 bits per heavy atom. The van der Waals surface area contributed by atoms with Crippen LogP contribution in [0.3, 0.4) is 0 Å². The number of carbonyl (C=O) groups is 2. The van der Waals surface area contributed by atoms with Crippen molar-refractivity contribution in [3.05, 3.63) is 0 Å². The number of esters is 2. The second-order valence-corrected chi connectivity index (χ2v) is 3.88. The van der Waals surface area contributed by atoms with E-state index < -0.39 is 6.29 Å². The first-order chi connectivity index (χ1) is 8.72. The van der Waals surface area contributed by atoms with Gasteiger partial charge in [0.15, 0.2) is 0 Å². The smallest absolute Gasteiger partial charge is 0.308 e. The van der Waals surface area contributed by atoms with Crippen molar-refractivity contribution in [2.75, 3.05) is 26.4 Å². The molecule has 1 unspecified atom stereocenters. The molecule has 0 aromatic carbocycles. The monoisotopic (exact) mass is 260 g/mol. The average Bonchev–Trinajstić information content (AvgIpc) is 2.36. The molecule has 1 fully saturated rings. The van der Waals surface area contributed by atoms with Crippen LogP contribution in [0.25, 0.3) is 0 Å². The van der Waals surface area contributed by atoms with Crippen LogP contribution >= 0.6 is 0 Å². The third kappa shape index (κ3) is 6.56. The minimum atomic E-state index is -0.587. The van der Waals surface area contributed by atoms with Gasteiger partial charge in [0.05, 0.1) is 19.8 Å². The molecule has 0 saturated carbocycles. The Balaban J connectivity index is 2.01. The molecule has 0 N–H and O–H groups in total. The van der Waals surface area contributed by atoms with Crippen molar-refractivity contribution in [3.63, 3.8) is 0 Å². The van der Waals surface area contributed by atoms with Crippen LogP contribution in [-0.2, 0) is 28.5 Å². The predicted octanol–water partition coefficient (Wildman–Crippen LogP) is 1.03. The van der Waals surface area contributed by atoms with Crippen LogP contribution in [0.2, 0.25) is 0 Å². The highest BCUT2D eigenvalue weighted by Crippen LogP contribution is 2.07. The van der Waals surface area contributed by atoms with Gasteiger partial charge in [-0.3, -0.25) is 9.59 Å². The Morgan fingerprint density at radius 1 is 1.17 bits per heavy atom. The van der Waals surface area contributed by atoms with E-state index in [-0.39, 0.29) is 25.0 Å². The molecule has 0 amide bonds. The fourth-order valence-electron chi connectivity index (χ4n) is 1.51. The summed E-state index contributed by atoms with van der Waals surface area (Å²) in [6.07, 6.45) is 1.25. The lowest BCUT2D eigenvalue weighted by molar-refractivity contribution is -0.214. The van der Waals surface area contributed by atoms with Crippen LogP contribution in [0.5, 0.6) is 0 Å². The molecule has 0 bridgehead atoms. The van der Waals surface area contributed by atoms with Crippen LogP contribution in [0.4, 0.5) is 0 Å². The highest BCUT2D eigenvalue weighted by atomic mass is 16.7. The molecule has 1 saturated heterocycles. The first kappa shape index (κ1) is 14.9. The Bertz CT molecular complexity index is 259. The number of hydrogen-bond donors (Lipinski definition) is 0. The SMILES string of the molecule is CCOC(=O)CCCCC(=O)OC1COCCO1. The van der Waals surface area contributed by atoms with Crippen molar-refractivity contribution in [2.45, 2.75) is 38.9 Å². The minimum Gasteiger partial charge on any atom is -0.466 e. The van der Waals surface area contributed by atoms with Gasteiger partial charge in [-0.2, -0.15) is 0 Å². The second-order valence-electron chi connectivity index (χ2n) is 3.88. The molecule has 1 atom stereocenters. The van der Waals surface area contributed by atoms with E-state index in [4.69, 9.17) is 18.9 Å². The number of hydrogen-bond acceptors (Lipinski definition) is 6. The third-order valence-corrected chi connectivity index (χ3v) is 2.37. The predicted molar refractivity (Wildman–Crippen MR) is 61.8 cm³/mol. The quantitative estimate of drug-likeness (QED) is 0.503. The van der Waals surface area contributed by atoms with E-state index in [0.29, 0.717) is 39.1 Å². The Hall–Kier alpha value is -1.14. The molecule has 1 rings (SSSR count). The van der Waals surface area contributed by atoms with E-state index in [0.717, 1.165) is 0 Å². The lowest BCUT2D eigenvalue weighted by Crippen LogP contribution is -2.32. The molecule has 0 aromatic heterocycles. The number of carbonyl (C=O) groups excluding carboxylic acids is 2. The maximum Gasteiger partial charge on any atom is 0.308 e. The third-order valence-electron chi connectivity index (χ3n) is 2.37. The maximum absolute atomic E-state index is 11.4. The second kappa shape index (κ2) is 8.88. The fourth-order valence-corrected chi connectivity index (χ4v) is 1.51. The van der Waals surface area contributed by atoms with Crippen molar-refractivity contribution in [3.8, 4) is 0 Å². The molecule has 0 aromatic rings. The number of ether oxygens (including phenoxy) is 4. The first-order valence-corrected chi connectivity index (χ1v) is 6.27. The summed E-state index contributed by atoms with van der Waals surface area (Å²) in [7, 11) is 0. The topological polar surface area (TPSA) is 71.1 Å². The summed E-state index contributed by atoms with van der Waals surface area (Å²) in [4.78, 5) is 22.4. The summed E-state index contributed by atoms with van der Waals surface area (Å²) in [5, 5.41) is 0. The van der Waals surface area contributed by atoms with Crippen molar-refractivity contribution < 1.29 is 28.5 Å². The Morgan fingerprint density at radius 3 is 2.50 bits per heavy atom. The molecule has 1 heterocycles. The van der Waals surface area contributed by atoms with Crippen LogP contribution in [-0.4, -0.2) is 44.7 Å². The van der Waals surface area contributed by atoms with Crippen molar-refractivity contribution in [2.24, 2.45) is 0 Å². The summed E-state index contributed by atoms with van der Waals surface area (Å²) in [6, 6.07) is 0. The first-order valence-electron chi connectivity index (χ1n) is 6.27. The summed E-state index contributed by atoms with van der Waals surface area (Å²) in [5.41, 5.74) is 0. The van der Waals surface area contributed by atoms with E-state index >= 15 is 0 Å². The van der Waals surface area contributed by atoms with Gasteiger partial charge in [0.2, 0.25) is 6.29 Å². The van der Waals surface area contributed by atoms with Crippen LogP contribution in [0, 0.1) is 0 Å². The highest BCUT2D eigenvalue weighted by Gasteiger charge is 2.18. The van der Waals surface area contributed by atoms with Gasteiger partial charge < -0.3 is 18.9 Å². The van der Waals surface area contributed by atoms with E-state index in [1.165, 1.54) is 0 Å². The fraction of sp³-hybridized carbons (Fsp3) is 0.833. The largest absolute Gasteiger partial charge is 0.466 e. The van der Waals surface area contributed by atoms with Gasteiger partial charge in [-0.1, -0.05) is 0 Å². The molecule has 1 aliphatic rings. The lowest BCUT2D eigenvalue weighted by Gasteiger charge is -2.22. The molecular formula is C12H20O6. The van der Waals surface area contributed by atoms with Crippen molar-refractivity contribution in [1.82, 2.24) is 0 Å². The molecule has 0 radical (unpaired) electrons. The molecule has 0 spiro atoms.